The van der Waals surface area contributed by atoms with Gasteiger partial charge in [-0.25, -0.2) is 4.39 Å². The molecule has 82 valence electrons. The predicted molar refractivity (Wildman–Crippen MR) is 59.3 cm³/mol. The summed E-state index contributed by atoms with van der Waals surface area (Å²) in [4.78, 5) is 11.4. The fourth-order valence-corrected chi connectivity index (χ4v) is 1.28. The molecule has 0 heterocycles. The lowest BCUT2D eigenvalue weighted by molar-refractivity contribution is -0.116. The molecule has 0 bridgehead atoms. The quantitative estimate of drug-likeness (QED) is 0.810. The SMILES string of the molecule is CCCCC(=O)Nc1cc(F)ccc1C. The highest BCUT2D eigenvalue weighted by Gasteiger charge is 2.04. The Morgan fingerprint density at radius 1 is 1.47 bits per heavy atom. The summed E-state index contributed by atoms with van der Waals surface area (Å²) in [6, 6.07) is 4.39. The largest absolute Gasteiger partial charge is 0.326 e. The molecule has 0 atom stereocenters. The Balaban J connectivity index is 2.63. The van der Waals surface area contributed by atoms with Gasteiger partial charge in [-0.05, 0) is 31.0 Å². The van der Waals surface area contributed by atoms with Gasteiger partial charge in [0.2, 0.25) is 5.91 Å². The molecular weight excluding hydrogens is 193 g/mol. The third-order valence-corrected chi connectivity index (χ3v) is 2.23. The molecule has 0 aliphatic rings. The first-order valence-corrected chi connectivity index (χ1v) is 5.19. The van der Waals surface area contributed by atoms with E-state index in [0.717, 1.165) is 18.4 Å². The summed E-state index contributed by atoms with van der Waals surface area (Å²) >= 11 is 0. The Morgan fingerprint density at radius 3 is 2.87 bits per heavy atom. The molecule has 2 nitrogen and oxygen atoms in total. The van der Waals surface area contributed by atoms with E-state index in [0.29, 0.717) is 12.1 Å². The predicted octanol–water partition coefficient (Wildman–Crippen LogP) is 3.26. The molecule has 0 saturated heterocycles. The van der Waals surface area contributed by atoms with Crippen LogP contribution < -0.4 is 5.32 Å². The van der Waals surface area contributed by atoms with Crippen LogP contribution in [0.3, 0.4) is 0 Å². The van der Waals surface area contributed by atoms with Crippen molar-refractivity contribution in [3.63, 3.8) is 0 Å². The second kappa shape index (κ2) is 5.49. The van der Waals surface area contributed by atoms with Crippen LogP contribution in [0.25, 0.3) is 0 Å². The number of aryl methyl sites for hydroxylation is 1. The summed E-state index contributed by atoms with van der Waals surface area (Å²) in [6.45, 7) is 3.87. The summed E-state index contributed by atoms with van der Waals surface area (Å²) in [5.41, 5.74) is 1.44. The summed E-state index contributed by atoms with van der Waals surface area (Å²) in [6.07, 6.45) is 2.34. The number of carbonyl (C=O) groups is 1. The lowest BCUT2D eigenvalue weighted by Crippen LogP contribution is -2.12. The van der Waals surface area contributed by atoms with Crippen LogP contribution >= 0.6 is 0 Å². The Kier molecular flexibility index (Phi) is 4.28. The third-order valence-electron chi connectivity index (χ3n) is 2.23. The van der Waals surface area contributed by atoms with E-state index in [-0.39, 0.29) is 11.7 Å². The molecule has 1 aromatic carbocycles. The van der Waals surface area contributed by atoms with Crippen LogP contribution in [-0.4, -0.2) is 5.91 Å². The van der Waals surface area contributed by atoms with Gasteiger partial charge in [-0.1, -0.05) is 19.4 Å². The normalized spacial score (nSPS) is 10.1. The number of halogens is 1. The standard InChI is InChI=1S/C12H16FNO/c1-3-4-5-12(15)14-11-8-10(13)7-6-9(11)2/h6-8H,3-5H2,1-2H3,(H,14,15). The first kappa shape index (κ1) is 11.7. The van der Waals surface area contributed by atoms with Crippen LogP contribution in [0.2, 0.25) is 0 Å². The average molecular weight is 209 g/mol. The van der Waals surface area contributed by atoms with Crippen molar-refractivity contribution in [2.24, 2.45) is 0 Å². The number of rotatable bonds is 4. The average Bonchev–Trinajstić information content (AvgIpc) is 2.20. The second-order valence-electron chi connectivity index (χ2n) is 3.61. The van der Waals surface area contributed by atoms with Crippen molar-refractivity contribution < 1.29 is 9.18 Å². The Hall–Kier alpha value is -1.38. The smallest absolute Gasteiger partial charge is 0.224 e. The molecule has 0 fully saturated rings. The van der Waals surface area contributed by atoms with Crippen LogP contribution in [0.1, 0.15) is 31.7 Å². The molecule has 0 aliphatic carbocycles. The fraction of sp³-hybridized carbons (Fsp3) is 0.417. The van der Waals surface area contributed by atoms with Crippen LogP contribution in [0.15, 0.2) is 18.2 Å². The zero-order valence-electron chi connectivity index (χ0n) is 9.14. The van der Waals surface area contributed by atoms with Gasteiger partial charge in [-0.2, -0.15) is 0 Å². The lowest BCUT2D eigenvalue weighted by Gasteiger charge is -2.07. The number of nitrogens with one attached hydrogen (secondary N) is 1. The summed E-state index contributed by atoms with van der Waals surface area (Å²) in [5, 5.41) is 2.71. The van der Waals surface area contributed by atoms with E-state index in [2.05, 4.69) is 5.32 Å². The number of hydrogen-bond acceptors (Lipinski definition) is 1. The minimum Gasteiger partial charge on any atom is -0.326 e. The van der Waals surface area contributed by atoms with Gasteiger partial charge >= 0.3 is 0 Å². The lowest BCUT2D eigenvalue weighted by atomic mass is 10.2. The van der Waals surface area contributed by atoms with Gasteiger partial charge in [0.05, 0.1) is 0 Å². The molecule has 0 unspecified atom stereocenters. The molecule has 1 N–H and O–H groups in total. The van der Waals surface area contributed by atoms with E-state index in [1.54, 1.807) is 6.07 Å². The number of carbonyl (C=O) groups excluding carboxylic acids is 1. The van der Waals surface area contributed by atoms with Gasteiger partial charge in [0.25, 0.3) is 0 Å². The minimum absolute atomic E-state index is 0.0504. The maximum absolute atomic E-state index is 12.9. The van der Waals surface area contributed by atoms with E-state index in [4.69, 9.17) is 0 Å². The van der Waals surface area contributed by atoms with Crippen molar-refractivity contribution >= 4 is 11.6 Å². The molecule has 0 aliphatic heterocycles. The number of amides is 1. The number of benzene rings is 1. The Bertz CT molecular complexity index is 349. The van der Waals surface area contributed by atoms with Gasteiger partial charge in [0, 0.05) is 12.1 Å². The summed E-state index contributed by atoms with van der Waals surface area (Å²) in [5.74, 6) is -0.378. The van der Waals surface area contributed by atoms with Crippen LogP contribution in [0.4, 0.5) is 10.1 Å². The first-order valence-electron chi connectivity index (χ1n) is 5.19. The van der Waals surface area contributed by atoms with E-state index < -0.39 is 0 Å². The zero-order chi connectivity index (χ0) is 11.3. The van der Waals surface area contributed by atoms with E-state index in [9.17, 15) is 9.18 Å². The van der Waals surface area contributed by atoms with Crippen molar-refractivity contribution in [2.45, 2.75) is 33.1 Å². The van der Waals surface area contributed by atoms with E-state index in [1.807, 2.05) is 13.8 Å². The van der Waals surface area contributed by atoms with Crippen molar-refractivity contribution in [1.29, 1.82) is 0 Å². The van der Waals surface area contributed by atoms with Crippen molar-refractivity contribution in [3.05, 3.63) is 29.6 Å². The van der Waals surface area contributed by atoms with Gasteiger partial charge in [-0.15, -0.1) is 0 Å². The van der Waals surface area contributed by atoms with E-state index >= 15 is 0 Å². The molecule has 0 radical (unpaired) electrons. The number of hydrogen-bond donors (Lipinski definition) is 1. The minimum atomic E-state index is -0.327. The maximum atomic E-state index is 12.9. The van der Waals surface area contributed by atoms with Gasteiger partial charge in [0.15, 0.2) is 0 Å². The number of unbranched alkanes of at least 4 members (excludes halogenated alkanes) is 1. The Labute approximate surface area is 89.5 Å². The van der Waals surface area contributed by atoms with Crippen LogP contribution in [-0.2, 0) is 4.79 Å². The zero-order valence-corrected chi connectivity index (χ0v) is 9.14. The van der Waals surface area contributed by atoms with Gasteiger partial charge < -0.3 is 5.32 Å². The van der Waals surface area contributed by atoms with Crippen LogP contribution in [0.5, 0.6) is 0 Å². The number of anilines is 1. The highest BCUT2D eigenvalue weighted by Crippen LogP contribution is 2.16. The van der Waals surface area contributed by atoms with Crippen molar-refractivity contribution in [3.8, 4) is 0 Å². The molecule has 1 rings (SSSR count). The summed E-state index contributed by atoms with van der Waals surface area (Å²) in [7, 11) is 0. The molecule has 0 saturated carbocycles. The van der Waals surface area contributed by atoms with Gasteiger partial charge in [0.1, 0.15) is 5.82 Å². The highest BCUT2D eigenvalue weighted by atomic mass is 19.1. The highest BCUT2D eigenvalue weighted by molar-refractivity contribution is 5.91. The first-order chi connectivity index (χ1) is 7.13. The maximum Gasteiger partial charge on any atom is 0.224 e. The summed E-state index contributed by atoms with van der Waals surface area (Å²) < 4.78 is 12.9. The topological polar surface area (TPSA) is 29.1 Å². The molecule has 15 heavy (non-hydrogen) atoms. The van der Waals surface area contributed by atoms with E-state index in [1.165, 1.54) is 12.1 Å². The van der Waals surface area contributed by atoms with Crippen molar-refractivity contribution in [1.82, 2.24) is 0 Å². The molecule has 1 aromatic rings. The molecule has 0 spiro atoms. The van der Waals surface area contributed by atoms with Crippen molar-refractivity contribution in [2.75, 3.05) is 5.32 Å². The third kappa shape index (κ3) is 3.70. The fourth-order valence-electron chi connectivity index (χ4n) is 1.28. The molecular formula is C12H16FNO. The second-order valence-corrected chi connectivity index (χ2v) is 3.61. The van der Waals surface area contributed by atoms with Gasteiger partial charge in [-0.3, -0.25) is 4.79 Å². The van der Waals surface area contributed by atoms with Crippen LogP contribution in [0, 0.1) is 12.7 Å². The molecule has 1 amide bonds. The molecule has 3 heteroatoms. The monoisotopic (exact) mass is 209 g/mol. The molecule has 0 aromatic heterocycles. The Morgan fingerprint density at radius 2 is 2.20 bits per heavy atom.